The third kappa shape index (κ3) is 17.4. The van der Waals surface area contributed by atoms with Crippen LogP contribution in [0.15, 0.2) is 61.7 Å². The predicted molar refractivity (Wildman–Crippen MR) is 142 cm³/mol. The summed E-state index contributed by atoms with van der Waals surface area (Å²) in [5.74, 6) is 0.407. The van der Waals surface area contributed by atoms with Crippen molar-refractivity contribution in [2.45, 2.75) is 52.3 Å². The third-order valence-corrected chi connectivity index (χ3v) is 4.53. The largest absolute Gasteiger partial charge is 0.300 e. The number of Topliss-reactive ketones (excluding diaryl/α,β-unsaturated/α-hetero) is 4. The van der Waals surface area contributed by atoms with Crippen molar-refractivity contribution < 1.29 is 25.3 Å². The van der Waals surface area contributed by atoms with Gasteiger partial charge in [-0.25, -0.2) is 0 Å². The zero-order valence-corrected chi connectivity index (χ0v) is 20.9. The molecule has 0 fully saturated rings. The minimum Gasteiger partial charge on any atom is -0.300 e. The lowest BCUT2D eigenvalue weighted by atomic mass is 10.0. The Hall–Kier alpha value is -3.18. The summed E-state index contributed by atoms with van der Waals surface area (Å²) < 4.78 is 0. The van der Waals surface area contributed by atoms with Crippen molar-refractivity contribution in [1.82, 2.24) is 0 Å². The van der Waals surface area contributed by atoms with Crippen LogP contribution in [0.3, 0.4) is 0 Å². The minimum absolute atomic E-state index is 0. The van der Waals surface area contributed by atoms with Gasteiger partial charge in [-0.3, -0.25) is 23.9 Å². The molecule has 2 aromatic carbocycles. The van der Waals surface area contributed by atoms with Gasteiger partial charge in [-0.15, -0.1) is 11.6 Å². The topological polar surface area (TPSA) is 68.3 Å². The molecule has 0 aliphatic carbocycles. The lowest BCUT2D eigenvalue weighted by molar-refractivity contribution is -0.127. The van der Waals surface area contributed by atoms with Crippen LogP contribution in [0.1, 0.15) is 63.7 Å². The second-order valence-corrected chi connectivity index (χ2v) is 7.79. The number of hydrogen-bond acceptors (Lipinski definition) is 4. The highest BCUT2D eigenvalue weighted by Gasteiger charge is 2.05. The molecule has 0 amide bonds. The lowest BCUT2D eigenvalue weighted by Gasteiger charge is -2.01. The third-order valence-electron chi connectivity index (χ3n) is 4.22. The maximum Gasteiger partial charge on any atom is 0.140 e. The fourth-order valence-electron chi connectivity index (χ4n) is 2.56. The van der Waals surface area contributed by atoms with Gasteiger partial charge in [-0.2, -0.15) is 0 Å². The average Bonchev–Trinajstić information content (AvgIpc) is 2.77. The first-order valence-electron chi connectivity index (χ1n) is 10.6. The molecule has 0 radical (unpaired) electrons. The molecule has 0 spiro atoms. The summed E-state index contributed by atoms with van der Waals surface area (Å²) >= 11 is 5.60. The Bertz CT molecular complexity index is 926. The number of hydrogen-bond donors (Lipinski definition) is 0. The van der Waals surface area contributed by atoms with Gasteiger partial charge in [-0.1, -0.05) is 73.8 Å². The molecule has 2 rings (SSSR count). The van der Waals surface area contributed by atoms with Crippen LogP contribution in [-0.2, 0) is 31.5 Å². The summed E-state index contributed by atoms with van der Waals surface area (Å²) in [6.45, 7) is 11.6. The van der Waals surface area contributed by atoms with Crippen LogP contribution in [0.4, 0.5) is 4.70 Å². The summed E-state index contributed by atoms with van der Waals surface area (Å²) in [6, 6.07) is 15.9. The molecule has 0 aliphatic heterocycles. The number of carbonyl (C=O) groups excluding carboxylic acids is 4. The molecule has 0 atom stereocenters. The van der Waals surface area contributed by atoms with Gasteiger partial charge in [0, 0.05) is 13.7 Å². The van der Waals surface area contributed by atoms with E-state index in [1.807, 2.05) is 54.6 Å². The monoisotopic (exact) mass is 492 g/mol. The molecule has 4 nitrogen and oxygen atoms in total. The van der Waals surface area contributed by atoms with Crippen molar-refractivity contribution in [1.29, 1.82) is 0 Å². The van der Waals surface area contributed by atoms with Crippen LogP contribution in [-0.4, -0.2) is 23.1 Å². The zero-order valence-electron chi connectivity index (χ0n) is 20.1. The van der Waals surface area contributed by atoms with E-state index in [4.69, 9.17) is 11.6 Å². The first-order valence-corrected chi connectivity index (χ1v) is 11.1. The number of carbonyl (C=O) groups is 4. The SMILES string of the molecule is C=Cc1ccc(CCC(=O)CC(C)=O)cc1.C=Cc1ccc(CCl)cc1.CC(=O)CC(C)=O.F.[3HH]. The summed E-state index contributed by atoms with van der Waals surface area (Å²) in [6.07, 6.45) is 4.88. The van der Waals surface area contributed by atoms with Crippen LogP contribution < -0.4 is 0 Å². The van der Waals surface area contributed by atoms with E-state index >= 15 is 0 Å². The molecule has 186 valence electrons. The number of halogens is 2. The molecule has 0 bridgehead atoms. The quantitative estimate of drug-likeness (QED) is 0.269. The maximum atomic E-state index is 11.3. The van der Waals surface area contributed by atoms with E-state index in [1.54, 1.807) is 6.08 Å². The number of alkyl halides is 1. The second kappa shape index (κ2) is 19.3. The Morgan fingerprint density at radius 3 is 1.41 bits per heavy atom. The Balaban J connectivity index is -0.000000466. The molecular weight excluding hydrogens is 455 g/mol. The molecule has 0 N–H and O–H groups in total. The van der Waals surface area contributed by atoms with Crippen LogP contribution >= 0.6 is 11.6 Å². The fraction of sp³-hybridized carbons (Fsp3) is 0.286. The van der Waals surface area contributed by atoms with Crippen LogP contribution in [0.25, 0.3) is 12.2 Å². The van der Waals surface area contributed by atoms with Gasteiger partial charge >= 0.3 is 0 Å². The van der Waals surface area contributed by atoms with Crippen molar-refractivity contribution in [2.24, 2.45) is 0 Å². The van der Waals surface area contributed by atoms with Gasteiger partial charge in [0.25, 0.3) is 0 Å². The Kier molecular flexibility index (Phi) is 18.7. The molecule has 0 heterocycles. The molecule has 0 saturated carbocycles. The standard InChI is InChI=1S/C14H16O2.C9H9Cl.C5H8O2.FH.H2/c1-3-12-4-6-13(7-5-12)8-9-14(16)10-11(2)15;1-2-8-3-5-9(7-10)6-4-8;1-4(6)3-5(2)7;;/h3-7H,1,8-10H2,2H3;2-6H,1,7H2;3H2,1-2H3;2*1H/i;;;;1+2. The summed E-state index contributed by atoms with van der Waals surface area (Å²) in [7, 11) is 0. The normalized spacial score (nSPS) is 9.06. The molecule has 0 aromatic heterocycles. The summed E-state index contributed by atoms with van der Waals surface area (Å²) in [5, 5.41) is 0. The first kappa shape index (κ1) is 33.0. The Morgan fingerprint density at radius 2 is 1.12 bits per heavy atom. The number of aryl methyl sites for hydroxylation is 1. The zero-order chi connectivity index (χ0) is 25.2. The van der Waals surface area contributed by atoms with E-state index in [2.05, 4.69) is 13.2 Å². The van der Waals surface area contributed by atoms with E-state index in [9.17, 15) is 19.2 Å². The number of rotatable bonds is 10. The highest BCUT2D eigenvalue weighted by atomic mass is 35.5. The van der Waals surface area contributed by atoms with E-state index in [1.165, 1.54) is 20.8 Å². The van der Waals surface area contributed by atoms with Crippen molar-refractivity contribution in [3.63, 3.8) is 0 Å². The molecule has 6 heteroatoms. The minimum atomic E-state index is -0.0630. The predicted octanol–water partition coefficient (Wildman–Crippen LogP) is 6.83. The Labute approximate surface area is 208 Å². The van der Waals surface area contributed by atoms with Crippen LogP contribution in [0.5, 0.6) is 0 Å². The number of ketones is 4. The van der Waals surface area contributed by atoms with Gasteiger partial charge in [0.2, 0.25) is 0 Å². The van der Waals surface area contributed by atoms with Crippen molar-refractivity contribution in [2.75, 3.05) is 0 Å². The van der Waals surface area contributed by atoms with Crippen molar-refractivity contribution in [3.05, 3.63) is 83.9 Å². The van der Waals surface area contributed by atoms with Crippen molar-refractivity contribution in [3.8, 4) is 0 Å². The fourth-order valence-corrected chi connectivity index (χ4v) is 2.74. The smallest absolute Gasteiger partial charge is 0.140 e. The molecule has 2 aromatic rings. The van der Waals surface area contributed by atoms with Gasteiger partial charge in [-0.05, 0) is 49.4 Å². The van der Waals surface area contributed by atoms with E-state index < -0.39 is 0 Å². The molecule has 34 heavy (non-hydrogen) atoms. The molecule has 0 aliphatic rings. The van der Waals surface area contributed by atoms with Crippen LogP contribution in [0, 0.1) is 0 Å². The first-order chi connectivity index (χ1) is 15.6. The molecule has 0 unspecified atom stereocenters. The van der Waals surface area contributed by atoms with Gasteiger partial charge < -0.3 is 0 Å². The van der Waals surface area contributed by atoms with Gasteiger partial charge in [0.05, 0.1) is 12.8 Å². The van der Waals surface area contributed by atoms with E-state index in [-0.39, 0.29) is 42.1 Å². The highest BCUT2D eigenvalue weighted by molar-refractivity contribution is 6.17. The van der Waals surface area contributed by atoms with E-state index in [0.717, 1.165) is 22.3 Å². The molecule has 0 saturated heterocycles. The average molecular weight is 493 g/mol. The maximum absolute atomic E-state index is 11.3. The lowest BCUT2D eigenvalue weighted by Crippen LogP contribution is -2.05. The van der Waals surface area contributed by atoms with Gasteiger partial charge in [0.15, 0.2) is 0 Å². The van der Waals surface area contributed by atoms with E-state index in [0.29, 0.717) is 18.7 Å². The van der Waals surface area contributed by atoms with Gasteiger partial charge in [0.1, 0.15) is 23.1 Å². The molecular formula is C28H36ClFO4. The number of benzene rings is 2. The summed E-state index contributed by atoms with van der Waals surface area (Å²) in [4.78, 5) is 42.1. The van der Waals surface area contributed by atoms with Crippen LogP contribution in [0.2, 0.25) is 0 Å². The van der Waals surface area contributed by atoms with Crippen molar-refractivity contribution >= 4 is 46.9 Å². The Morgan fingerprint density at radius 1 is 0.735 bits per heavy atom. The summed E-state index contributed by atoms with van der Waals surface area (Å²) in [5.41, 5.74) is 4.46. The second-order valence-electron chi connectivity index (χ2n) is 7.52. The highest BCUT2D eigenvalue weighted by Crippen LogP contribution is 2.09.